The zero-order valence-electron chi connectivity index (χ0n) is 16.5. The van der Waals surface area contributed by atoms with Crippen LogP contribution in [0.2, 0.25) is 0 Å². The zero-order valence-corrected chi connectivity index (χ0v) is 16.5. The highest BCUT2D eigenvalue weighted by molar-refractivity contribution is 6.03. The van der Waals surface area contributed by atoms with Crippen molar-refractivity contribution < 1.29 is 4.79 Å². The van der Waals surface area contributed by atoms with Crippen molar-refractivity contribution >= 4 is 28.3 Å². The molecular formula is C23H23N5O. The Morgan fingerprint density at radius 1 is 1.00 bits per heavy atom. The van der Waals surface area contributed by atoms with Gasteiger partial charge in [0.25, 0.3) is 5.91 Å². The van der Waals surface area contributed by atoms with Gasteiger partial charge in [0, 0.05) is 29.3 Å². The predicted molar refractivity (Wildman–Crippen MR) is 116 cm³/mol. The molecule has 146 valence electrons. The summed E-state index contributed by atoms with van der Waals surface area (Å²) in [5.41, 5.74) is 5.64. The van der Waals surface area contributed by atoms with Gasteiger partial charge in [-0.3, -0.25) is 4.79 Å². The number of aromatic amines is 1. The molecule has 0 unspecified atom stereocenters. The third-order valence-electron chi connectivity index (χ3n) is 5.13. The van der Waals surface area contributed by atoms with E-state index >= 15 is 0 Å². The molecule has 2 heterocycles. The molecule has 0 aliphatic rings. The molecule has 4 rings (SSSR count). The van der Waals surface area contributed by atoms with E-state index in [2.05, 4.69) is 37.9 Å². The SMILES string of the molecule is Cc1cccc(NC(=O)c2ccc(NCCc3c[nH]c4ccccc34)nn2)c1C. The highest BCUT2D eigenvalue weighted by Gasteiger charge is 2.11. The van der Waals surface area contributed by atoms with E-state index in [0.29, 0.717) is 5.82 Å². The Balaban J connectivity index is 1.35. The highest BCUT2D eigenvalue weighted by Crippen LogP contribution is 2.19. The lowest BCUT2D eigenvalue weighted by atomic mass is 10.1. The number of hydrogen-bond acceptors (Lipinski definition) is 4. The first-order valence-corrected chi connectivity index (χ1v) is 9.62. The number of carbonyl (C=O) groups excluding carboxylic acids is 1. The van der Waals surface area contributed by atoms with E-state index in [1.54, 1.807) is 12.1 Å². The van der Waals surface area contributed by atoms with Crippen molar-refractivity contribution in [3.05, 3.63) is 83.2 Å². The third kappa shape index (κ3) is 4.11. The Morgan fingerprint density at radius 2 is 1.86 bits per heavy atom. The maximum atomic E-state index is 12.4. The summed E-state index contributed by atoms with van der Waals surface area (Å²) in [6.07, 6.45) is 2.90. The molecule has 2 aromatic heterocycles. The van der Waals surface area contributed by atoms with Crippen molar-refractivity contribution in [2.75, 3.05) is 17.2 Å². The lowest BCUT2D eigenvalue weighted by molar-refractivity contribution is 0.102. The third-order valence-corrected chi connectivity index (χ3v) is 5.13. The summed E-state index contributed by atoms with van der Waals surface area (Å²) in [6.45, 7) is 4.73. The molecule has 3 N–H and O–H groups in total. The van der Waals surface area contributed by atoms with E-state index in [1.807, 2.05) is 50.4 Å². The van der Waals surface area contributed by atoms with Crippen LogP contribution in [-0.4, -0.2) is 27.6 Å². The van der Waals surface area contributed by atoms with Crippen molar-refractivity contribution in [3.63, 3.8) is 0 Å². The van der Waals surface area contributed by atoms with E-state index < -0.39 is 0 Å². The second kappa shape index (κ2) is 8.14. The maximum Gasteiger partial charge on any atom is 0.276 e. The van der Waals surface area contributed by atoms with E-state index in [1.165, 1.54) is 10.9 Å². The second-order valence-corrected chi connectivity index (χ2v) is 7.04. The minimum Gasteiger partial charge on any atom is -0.368 e. The number of fused-ring (bicyclic) bond motifs is 1. The van der Waals surface area contributed by atoms with Gasteiger partial charge in [0.1, 0.15) is 5.82 Å². The molecule has 2 aromatic carbocycles. The molecule has 0 atom stereocenters. The minimum atomic E-state index is -0.267. The van der Waals surface area contributed by atoms with E-state index in [0.717, 1.165) is 35.3 Å². The van der Waals surface area contributed by atoms with Gasteiger partial charge in [0.15, 0.2) is 5.69 Å². The number of nitrogens with zero attached hydrogens (tertiary/aromatic N) is 2. The molecule has 0 fully saturated rings. The van der Waals surface area contributed by atoms with Crippen LogP contribution in [0.5, 0.6) is 0 Å². The average molecular weight is 385 g/mol. The van der Waals surface area contributed by atoms with Crippen molar-refractivity contribution in [3.8, 4) is 0 Å². The van der Waals surface area contributed by atoms with Crippen LogP contribution in [0, 0.1) is 13.8 Å². The second-order valence-electron chi connectivity index (χ2n) is 7.04. The van der Waals surface area contributed by atoms with Gasteiger partial charge in [-0.05, 0) is 61.2 Å². The summed E-state index contributed by atoms with van der Waals surface area (Å²) in [4.78, 5) is 15.7. The number of hydrogen-bond donors (Lipinski definition) is 3. The lowest BCUT2D eigenvalue weighted by Gasteiger charge is -2.10. The molecule has 6 nitrogen and oxygen atoms in total. The normalized spacial score (nSPS) is 10.8. The first kappa shape index (κ1) is 18.7. The minimum absolute atomic E-state index is 0.267. The summed E-state index contributed by atoms with van der Waals surface area (Å²) in [5, 5.41) is 15.6. The van der Waals surface area contributed by atoms with E-state index in [4.69, 9.17) is 0 Å². The number of rotatable bonds is 6. The van der Waals surface area contributed by atoms with Crippen LogP contribution in [0.4, 0.5) is 11.5 Å². The molecule has 6 heteroatoms. The fraction of sp³-hybridized carbons (Fsp3) is 0.174. The number of H-pyrrole nitrogens is 1. The summed E-state index contributed by atoms with van der Waals surface area (Å²) in [7, 11) is 0. The fourth-order valence-electron chi connectivity index (χ4n) is 3.28. The quantitative estimate of drug-likeness (QED) is 0.457. The molecule has 29 heavy (non-hydrogen) atoms. The number of carbonyl (C=O) groups is 1. The predicted octanol–water partition coefficient (Wildman–Crippen LogP) is 4.48. The molecule has 0 saturated carbocycles. The number of para-hydroxylation sites is 1. The van der Waals surface area contributed by atoms with Crippen LogP contribution < -0.4 is 10.6 Å². The number of aryl methyl sites for hydroxylation is 1. The molecule has 0 radical (unpaired) electrons. The summed E-state index contributed by atoms with van der Waals surface area (Å²) >= 11 is 0. The zero-order chi connectivity index (χ0) is 20.2. The van der Waals surface area contributed by atoms with Gasteiger partial charge < -0.3 is 15.6 Å². The van der Waals surface area contributed by atoms with Crippen LogP contribution in [0.3, 0.4) is 0 Å². The molecule has 0 aliphatic carbocycles. The molecule has 0 saturated heterocycles. The number of benzene rings is 2. The van der Waals surface area contributed by atoms with Gasteiger partial charge in [0.05, 0.1) is 0 Å². The molecule has 0 spiro atoms. The van der Waals surface area contributed by atoms with Gasteiger partial charge in [-0.15, -0.1) is 10.2 Å². The first-order valence-electron chi connectivity index (χ1n) is 9.62. The maximum absolute atomic E-state index is 12.4. The van der Waals surface area contributed by atoms with Gasteiger partial charge in [-0.25, -0.2) is 0 Å². The van der Waals surface area contributed by atoms with Crippen LogP contribution in [0.1, 0.15) is 27.2 Å². The Labute approximate surface area is 169 Å². The van der Waals surface area contributed by atoms with Crippen molar-refractivity contribution in [1.29, 1.82) is 0 Å². The highest BCUT2D eigenvalue weighted by atomic mass is 16.1. The first-order chi connectivity index (χ1) is 14.1. The van der Waals surface area contributed by atoms with Crippen LogP contribution in [0.25, 0.3) is 10.9 Å². The smallest absolute Gasteiger partial charge is 0.276 e. The van der Waals surface area contributed by atoms with E-state index in [-0.39, 0.29) is 11.6 Å². The van der Waals surface area contributed by atoms with Crippen LogP contribution in [0.15, 0.2) is 60.8 Å². The Hall–Kier alpha value is -3.67. The van der Waals surface area contributed by atoms with Gasteiger partial charge in [0.2, 0.25) is 0 Å². The van der Waals surface area contributed by atoms with Crippen LogP contribution in [-0.2, 0) is 6.42 Å². The molecular weight excluding hydrogens is 362 g/mol. The lowest BCUT2D eigenvalue weighted by Crippen LogP contribution is -2.16. The monoisotopic (exact) mass is 385 g/mol. The molecule has 1 amide bonds. The molecule has 0 bridgehead atoms. The number of anilines is 2. The number of nitrogens with one attached hydrogen (secondary N) is 3. The van der Waals surface area contributed by atoms with Crippen molar-refractivity contribution in [2.45, 2.75) is 20.3 Å². The number of aromatic nitrogens is 3. The summed E-state index contributed by atoms with van der Waals surface area (Å²) in [6, 6.07) is 17.5. The topological polar surface area (TPSA) is 82.7 Å². The average Bonchev–Trinajstić information content (AvgIpc) is 3.15. The van der Waals surface area contributed by atoms with Crippen molar-refractivity contribution in [2.24, 2.45) is 0 Å². The van der Waals surface area contributed by atoms with E-state index in [9.17, 15) is 4.79 Å². The Kier molecular flexibility index (Phi) is 5.24. The van der Waals surface area contributed by atoms with Gasteiger partial charge in [-0.2, -0.15) is 0 Å². The summed E-state index contributed by atoms with van der Waals surface area (Å²) < 4.78 is 0. The number of amides is 1. The van der Waals surface area contributed by atoms with Crippen molar-refractivity contribution in [1.82, 2.24) is 15.2 Å². The Bertz CT molecular complexity index is 1150. The molecule has 0 aliphatic heterocycles. The largest absolute Gasteiger partial charge is 0.368 e. The van der Waals surface area contributed by atoms with Gasteiger partial charge >= 0.3 is 0 Å². The summed E-state index contributed by atoms with van der Waals surface area (Å²) in [5.74, 6) is 0.379. The standard InChI is InChI=1S/C23H23N5O/c1-15-6-5-9-19(16(15)2)26-23(29)21-10-11-22(28-27-21)24-13-12-17-14-25-20-8-4-3-7-18(17)20/h3-11,14,25H,12-13H2,1-2H3,(H,24,28)(H,26,29). The molecule has 4 aromatic rings. The van der Waals surface area contributed by atoms with Crippen LogP contribution >= 0.6 is 0 Å². The van der Waals surface area contributed by atoms with Gasteiger partial charge in [-0.1, -0.05) is 30.3 Å². The Morgan fingerprint density at radius 3 is 2.69 bits per heavy atom. The fourth-order valence-corrected chi connectivity index (χ4v) is 3.28.